The molecule has 0 amide bonds. The van der Waals surface area contributed by atoms with Crippen LogP contribution < -0.4 is 9.04 Å². The number of sulfonamides is 1. The summed E-state index contributed by atoms with van der Waals surface area (Å²) in [6.45, 7) is 1.83. The molecule has 0 atom stereocenters. The highest BCUT2D eigenvalue weighted by molar-refractivity contribution is 7.93. The van der Waals surface area contributed by atoms with Crippen molar-refractivity contribution in [2.45, 2.75) is 18.4 Å². The summed E-state index contributed by atoms with van der Waals surface area (Å²) >= 11 is 0.920. The molecule has 144 valence electrons. The Balaban J connectivity index is 2.07. The van der Waals surface area contributed by atoms with Crippen LogP contribution in [0.4, 0.5) is 9.52 Å². The second kappa shape index (κ2) is 7.92. The maximum absolute atomic E-state index is 13.6. The summed E-state index contributed by atoms with van der Waals surface area (Å²) in [6.07, 6.45) is 1.26. The third-order valence-electron chi connectivity index (χ3n) is 4.07. The van der Waals surface area contributed by atoms with Crippen molar-refractivity contribution in [3.05, 3.63) is 65.2 Å². The number of hydrogen-bond donors (Lipinski definition) is 0. The van der Waals surface area contributed by atoms with Crippen molar-refractivity contribution in [2.75, 3.05) is 11.4 Å². The van der Waals surface area contributed by atoms with Gasteiger partial charge in [-0.3, -0.25) is 0 Å². The average Bonchev–Trinajstić information content (AvgIpc) is 3.21. The summed E-state index contributed by atoms with van der Waals surface area (Å²) in [7, 11) is -2.56. The van der Waals surface area contributed by atoms with Crippen molar-refractivity contribution in [1.29, 1.82) is 5.26 Å². The minimum absolute atomic E-state index is 0.00732. The monoisotopic (exact) mass is 418 g/mol. The van der Waals surface area contributed by atoms with Gasteiger partial charge in [-0.2, -0.15) is 9.64 Å². The van der Waals surface area contributed by atoms with Crippen LogP contribution in [0, 0.1) is 24.1 Å². The molecule has 0 aliphatic carbocycles. The molecule has 10 heteroatoms. The predicted molar refractivity (Wildman–Crippen MR) is 102 cm³/mol. The summed E-state index contributed by atoms with van der Waals surface area (Å²) < 4.78 is 50.3. The summed E-state index contributed by atoms with van der Waals surface area (Å²) in [5, 5.41) is 9.19. The maximum Gasteiger partial charge on any atom is 0.266 e. The molecule has 3 aromatic rings. The topological polar surface area (TPSA) is 96.2 Å². The van der Waals surface area contributed by atoms with Crippen LogP contribution in [0.3, 0.4) is 0 Å². The van der Waals surface area contributed by atoms with Gasteiger partial charge in [-0.05, 0) is 48.4 Å². The van der Waals surface area contributed by atoms with E-state index in [9.17, 15) is 12.8 Å². The minimum Gasteiger partial charge on any atom is -0.497 e. The van der Waals surface area contributed by atoms with Gasteiger partial charge in [0, 0.05) is 11.5 Å². The van der Waals surface area contributed by atoms with E-state index in [-0.39, 0.29) is 22.1 Å². The number of halogens is 1. The highest BCUT2D eigenvalue weighted by Crippen LogP contribution is 2.29. The van der Waals surface area contributed by atoms with Gasteiger partial charge in [0.25, 0.3) is 10.0 Å². The quantitative estimate of drug-likeness (QED) is 0.610. The predicted octanol–water partition coefficient (Wildman–Crippen LogP) is 3.26. The number of benzene rings is 2. The third kappa shape index (κ3) is 3.81. The lowest BCUT2D eigenvalue weighted by Gasteiger charge is -2.22. The van der Waals surface area contributed by atoms with Crippen molar-refractivity contribution < 1.29 is 17.5 Å². The molecular weight excluding hydrogens is 403 g/mol. The number of aromatic nitrogens is 2. The number of anilines is 1. The largest absolute Gasteiger partial charge is 0.497 e. The zero-order valence-corrected chi connectivity index (χ0v) is 16.6. The van der Waals surface area contributed by atoms with Gasteiger partial charge in [-0.15, -0.1) is 0 Å². The molecule has 0 N–H and O–H groups in total. The van der Waals surface area contributed by atoms with Crippen LogP contribution in [0.15, 0.2) is 47.6 Å². The molecule has 0 saturated carbocycles. The van der Waals surface area contributed by atoms with Gasteiger partial charge >= 0.3 is 0 Å². The van der Waals surface area contributed by atoms with E-state index in [0.717, 1.165) is 45.2 Å². The smallest absolute Gasteiger partial charge is 0.266 e. The van der Waals surface area contributed by atoms with Gasteiger partial charge in [0.15, 0.2) is 0 Å². The standard InChI is InChI=1S/C18H15FN4O3S2/c1-12-7-15(26-2)4-3-13(12)10-23(18-21-11-22-27-18)28(24,25)16-5-6-17(19)14(8-16)9-20/h3-8,11H,10H2,1-2H3. The minimum atomic E-state index is -4.11. The number of nitrogens with zero attached hydrogens (tertiary/aromatic N) is 4. The lowest BCUT2D eigenvalue weighted by atomic mass is 10.1. The van der Waals surface area contributed by atoms with Crippen LogP contribution in [0.25, 0.3) is 0 Å². The molecule has 0 saturated heterocycles. The number of hydrogen-bond acceptors (Lipinski definition) is 7. The fourth-order valence-electron chi connectivity index (χ4n) is 2.54. The van der Waals surface area contributed by atoms with Gasteiger partial charge in [0.1, 0.15) is 24.0 Å². The van der Waals surface area contributed by atoms with E-state index in [4.69, 9.17) is 10.00 Å². The summed E-state index contributed by atoms with van der Waals surface area (Å²) in [5.74, 6) is -0.126. The SMILES string of the molecule is COc1ccc(CN(c2ncns2)S(=O)(=O)c2ccc(F)c(C#N)c2)c(C)c1. The second-order valence-corrected chi connectivity index (χ2v) is 8.40. The first-order chi connectivity index (χ1) is 13.4. The first-order valence-corrected chi connectivity index (χ1v) is 10.2. The zero-order chi connectivity index (χ0) is 20.3. The normalized spacial score (nSPS) is 11.1. The van der Waals surface area contributed by atoms with E-state index in [2.05, 4.69) is 9.36 Å². The first kappa shape index (κ1) is 19.7. The Morgan fingerprint density at radius 2 is 2.07 bits per heavy atom. The molecule has 3 rings (SSSR count). The van der Waals surface area contributed by atoms with Crippen LogP contribution in [0.5, 0.6) is 5.75 Å². The fourth-order valence-corrected chi connectivity index (χ4v) is 4.69. The molecule has 1 heterocycles. The Bertz CT molecular complexity index is 1140. The van der Waals surface area contributed by atoms with E-state index in [1.807, 2.05) is 6.92 Å². The molecule has 1 aromatic heterocycles. The lowest BCUT2D eigenvalue weighted by molar-refractivity contribution is 0.414. The Hall–Kier alpha value is -3.03. The molecule has 0 aliphatic rings. The number of methoxy groups -OCH3 is 1. The fraction of sp³-hybridized carbons (Fsp3) is 0.167. The molecule has 0 bridgehead atoms. The molecule has 0 radical (unpaired) electrons. The first-order valence-electron chi connectivity index (χ1n) is 7.99. The zero-order valence-electron chi connectivity index (χ0n) is 15.0. The van der Waals surface area contributed by atoms with E-state index in [1.165, 1.54) is 6.33 Å². The molecule has 0 unspecified atom stereocenters. The van der Waals surface area contributed by atoms with Crippen LogP contribution in [-0.2, 0) is 16.6 Å². The summed E-state index contributed by atoms with van der Waals surface area (Å²) in [6, 6.07) is 10.1. The van der Waals surface area contributed by atoms with Crippen molar-refractivity contribution >= 4 is 26.7 Å². The number of ether oxygens (including phenoxy) is 1. The Morgan fingerprint density at radius 1 is 1.29 bits per heavy atom. The highest BCUT2D eigenvalue weighted by Gasteiger charge is 2.28. The molecule has 0 spiro atoms. The van der Waals surface area contributed by atoms with Gasteiger partial charge in [-0.1, -0.05) is 6.07 Å². The van der Waals surface area contributed by atoms with Crippen LogP contribution in [-0.4, -0.2) is 24.9 Å². The van der Waals surface area contributed by atoms with Gasteiger partial charge in [-0.25, -0.2) is 22.1 Å². The second-order valence-electron chi connectivity index (χ2n) is 5.78. The number of nitriles is 1. The molecule has 0 fully saturated rings. The van der Waals surface area contributed by atoms with Crippen LogP contribution >= 0.6 is 11.5 Å². The molecule has 0 aliphatic heterocycles. The Kier molecular flexibility index (Phi) is 5.58. The van der Waals surface area contributed by atoms with Crippen molar-refractivity contribution in [3.8, 4) is 11.8 Å². The van der Waals surface area contributed by atoms with E-state index in [0.29, 0.717) is 5.75 Å². The van der Waals surface area contributed by atoms with E-state index < -0.39 is 15.8 Å². The van der Waals surface area contributed by atoms with Gasteiger partial charge < -0.3 is 4.74 Å². The molecule has 2 aromatic carbocycles. The maximum atomic E-state index is 13.6. The van der Waals surface area contributed by atoms with Gasteiger partial charge in [0.05, 0.1) is 24.1 Å². The van der Waals surface area contributed by atoms with E-state index >= 15 is 0 Å². The number of rotatable bonds is 6. The highest BCUT2D eigenvalue weighted by atomic mass is 32.2. The van der Waals surface area contributed by atoms with Crippen molar-refractivity contribution in [1.82, 2.24) is 9.36 Å². The van der Waals surface area contributed by atoms with Crippen molar-refractivity contribution in [3.63, 3.8) is 0 Å². The average molecular weight is 418 g/mol. The molecular formula is C18H15FN4O3S2. The summed E-state index contributed by atoms with van der Waals surface area (Å²) in [5.41, 5.74) is 1.22. The van der Waals surface area contributed by atoms with Crippen molar-refractivity contribution in [2.24, 2.45) is 0 Å². The van der Waals surface area contributed by atoms with E-state index in [1.54, 1.807) is 31.4 Å². The third-order valence-corrected chi connectivity index (χ3v) is 6.61. The Labute approximate surface area is 165 Å². The van der Waals surface area contributed by atoms with Crippen LogP contribution in [0.2, 0.25) is 0 Å². The number of aryl methyl sites for hydroxylation is 1. The Morgan fingerprint density at radius 3 is 2.68 bits per heavy atom. The molecule has 7 nitrogen and oxygen atoms in total. The van der Waals surface area contributed by atoms with Crippen LogP contribution in [0.1, 0.15) is 16.7 Å². The van der Waals surface area contributed by atoms with Gasteiger partial charge in [0.2, 0.25) is 5.13 Å². The lowest BCUT2D eigenvalue weighted by Crippen LogP contribution is -2.31. The molecule has 28 heavy (non-hydrogen) atoms. The summed E-state index contributed by atoms with van der Waals surface area (Å²) in [4.78, 5) is 3.82.